The van der Waals surface area contributed by atoms with Gasteiger partial charge in [-0.3, -0.25) is 15.1 Å². The highest BCUT2D eigenvalue weighted by atomic mass is 35.5. The van der Waals surface area contributed by atoms with Crippen LogP contribution in [-0.4, -0.2) is 16.1 Å². The van der Waals surface area contributed by atoms with E-state index in [1.165, 1.54) is 61.3 Å². The van der Waals surface area contributed by atoms with Crippen LogP contribution in [0.5, 0.6) is 5.75 Å². The normalized spacial score (nSPS) is 9.31. The van der Waals surface area contributed by atoms with E-state index in [4.69, 9.17) is 9.47 Å². The van der Waals surface area contributed by atoms with Gasteiger partial charge in [0.1, 0.15) is 12.4 Å². The summed E-state index contributed by atoms with van der Waals surface area (Å²) in [5.41, 5.74) is 1.55. The van der Waals surface area contributed by atoms with E-state index >= 15 is 0 Å². The molecule has 0 saturated carbocycles. The van der Waals surface area contributed by atoms with E-state index in [2.05, 4.69) is 18.8 Å². The van der Waals surface area contributed by atoms with Crippen molar-refractivity contribution in [2.45, 2.75) is 46.1 Å². The third-order valence-corrected chi connectivity index (χ3v) is 3.77. The van der Waals surface area contributed by atoms with E-state index in [9.17, 15) is 14.9 Å². The van der Waals surface area contributed by atoms with Gasteiger partial charge in [-0.15, -0.1) is 23.7 Å². The van der Waals surface area contributed by atoms with Crippen molar-refractivity contribution in [3.63, 3.8) is 0 Å². The molecular formula is C17H23ClN2O5S. The standard InChI is InChI=1S/C11H8N2O5S.C6H14.ClH/c14-11(17-6-10-5-12-7-19-10)18-9-3-1-8(2-4-9)13(15)16;1-3-5-6-4-2;/h1-5,7H,6H2;3-6H2,1-2H3;1H. The lowest BCUT2D eigenvalue weighted by Crippen LogP contribution is -2.09. The van der Waals surface area contributed by atoms with Crippen LogP contribution < -0.4 is 4.74 Å². The smallest absolute Gasteiger partial charge is 0.428 e. The van der Waals surface area contributed by atoms with Gasteiger partial charge < -0.3 is 9.47 Å². The number of unbranched alkanes of at least 4 members (excludes halogenated alkanes) is 3. The molecule has 0 aliphatic heterocycles. The average molecular weight is 403 g/mol. The Morgan fingerprint density at radius 2 is 1.81 bits per heavy atom. The van der Waals surface area contributed by atoms with E-state index < -0.39 is 11.1 Å². The number of ether oxygens (including phenoxy) is 2. The molecule has 9 heteroatoms. The second kappa shape index (κ2) is 14.0. The zero-order valence-corrected chi connectivity index (χ0v) is 16.4. The number of nitro benzene ring substituents is 1. The van der Waals surface area contributed by atoms with Crippen LogP contribution in [0.25, 0.3) is 0 Å². The van der Waals surface area contributed by atoms with Crippen molar-refractivity contribution in [1.29, 1.82) is 0 Å². The van der Waals surface area contributed by atoms with E-state index in [0.29, 0.717) is 0 Å². The Kier molecular flexibility index (Phi) is 12.8. The summed E-state index contributed by atoms with van der Waals surface area (Å²) in [6.45, 7) is 4.54. The molecule has 0 N–H and O–H groups in total. The maximum atomic E-state index is 11.3. The van der Waals surface area contributed by atoms with Crippen LogP contribution >= 0.6 is 23.7 Å². The first kappa shape index (κ1) is 23.8. The minimum absolute atomic E-state index is 0. The number of thiazole rings is 1. The molecule has 26 heavy (non-hydrogen) atoms. The largest absolute Gasteiger partial charge is 0.514 e. The summed E-state index contributed by atoms with van der Waals surface area (Å²) >= 11 is 1.36. The van der Waals surface area contributed by atoms with Gasteiger partial charge in [-0.05, 0) is 12.1 Å². The van der Waals surface area contributed by atoms with Gasteiger partial charge >= 0.3 is 6.16 Å². The van der Waals surface area contributed by atoms with E-state index in [-0.39, 0.29) is 30.5 Å². The zero-order valence-electron chi connectivity index (χ0n) is 14.8. The quantitative estimate of drug-likeness (QED) is 0.192. The second-order valence-electron chi connectivity index (χ2n) is 5.07. The molecule has 0 aliphatic rings. The lowest BCUT2D eigenvalue weighted by atomic mass is 10.2. The highest BCUT2D eigenvalue weighted by Crippen LogP contribution is 2.18. The van der Waals surface area contributed by atoms with Crippen molar-refractivity contribution in [2.24, 2.45) is 0 Å². The Labute approximate surface area is 162 Å². The van der Waals surface area contributed by atoms with Gasteiger partial charge in [-0.1, -0.05) is 39.5 Å². The van der Waals surface area contributed by atoms with Crippen LogP contribution in [0, 0.1) is 10.1 Å². The molecule has 0 unspecified atom stereocenters. The molecule has 0 atom stereocenters. The molecule has 7 nitrogen and oxygen atoms in total. The van der Waals surface area contributed by atoms with Crippen molar-refractivity contribution in [3.8, 4) is 5.75 Å². The highest BCUT2D eigenvalue weighted by Gasteiger charge is 2.09. The van der Waals surface area contributed by atoms with Crippen LogP contribution in [-0.2, 0) is 11.3 Å². The molecule has 2 rings (SSSR count). The summed E-state index contributed by atoms with van der Waals surface area (Å²) < 4.78 is 9.69. The number of hydrogen-bond acceptors (Lipinski definition) is 7. The monoisotopic (exact) mass is 402 g/mol. The van der Waals surface area contributed by atoms with Gasteiger partial charge in [0.05, 0.1) is 15.3 Å². The van der Waals surface area contributed by atoms with Crippen molar-refractivity contribution in [3.05, 3.63) is 51.0 Å². The summed E-state index contributed by atoms with van der Waals surface area (Å²) in [5.74, 6) is 0.180. The predicted octanol–water partition coefficient (Wildman–Crippen LogP) is 5.78. The Hall–Kier alpha value is -2.19. The fraction of sp³-hybridized carbons (Fsp3) is 0.412. The molecule has 1 aromatic heterocycles. The number of benzene rings is 1. The predicted molar refractivity (Wildman–Crippen MR) is 103 cm³/mol. The topological polar surface area (TPSA) is 91.6 Å². The van der Waals surface area contributed by atoms with Crippen molar-refractivity contribution < 1.29 is 19.2 Å². The molecule has 0 spiro atoms. The van der Waals surface area contributed by atoms with Crippen LogP contribution in [0.4, 0.5) is 10.5 Å². The van der Waals surface area contributed by atoms with Gasteiger partial charge in [0.15, 0.2) is 0 Å². The third kappa shape index (κ3) is 9.95. The molecule has 0 radical (unpaired) electrons. The number of rotatable bonds is 7. The number of non-ortho nitro benzene ring substituents is 1. The minimum atomic E-state index is -0.873. The van der Waals surface area contributed by atoms with Gasteiger partial charge in [-0.2, -0.15) is 0 Å². The number of halogens is 1. The first-order valence-corrected chi connectivity index (χ1v) is 8.91. The van der Waals surface area contributed by atoms with Crippen LogP contribution in [0.3, 0.4) is 0 Å². The Balaban J connectivity index is 0.000000777. The summed E-state index contributed by atoms with van der Waals surface area (Å²) in [7, 11) is 0. The second-order valence-corrected chi connectivity index (χ2v) is 6.04. The molecular weight excluding hydrogens is 380 g/mol. The van der Waals surface area contributed by atoms with E-state index in [0.717, 1.165) is 4.88 Å². The minimum Gasteiger partial charge on any atom is -0.428 e. The van der Waals surface area contributed by atoms with E-state index in [1.54, 1.807) is 11.7 Å². The fourth-order valence-corrected chi connectivity index (χ4v) is 2.21. The Morgan fingerprint density at radius 3 is 2.27 bits per heavy atom. The first-order valence-electron chi connectivity index (χ1n) is 8.03. The SMILES string of the molecule is CCCCCC.Cl.O=C(OCc1cncs1)Oc1ccc([N+](=O)[O-])cc1. The molecule has 0 saturated heterocycles. The number of aromatic nitrogens is 1. The number of hydrogen-bond donors (Lipinski definition) is 0. The molecule has 2 aromatic rings. The number of nitrogens with zero attached hydrogens (tertiary/aromatic N) is 2. The van der Waals surface area contributed by atoms with Crippen molar-refractivity contribution in [1.82, 2.24) is 4.98 Å². The Morgan fingerprint density at radius 1 is 1.19 bits per heavy atom. The van der Waals surface area contributed by atoms with Crippen molar-refractivity contribution in [2.75, 3.05) is 0 Å². The maximum absolute atomic E-state index is 11.3. The molecule has 0 aliphatic carbocycles. The number of nitro groups is 1. The third-order valence-electron chi connectivity index (χ3n) is 3.02. The summed E-state index contributed by atoms with van der Waals surface area (Å²) in [4.78, 5) is 25.9. The van der Waals surface area contributed by atoms with Gasteiger partial charge in [0.25, 0.3) is 5.69 Å². The zero-order chi connectivity index (χ0) is 18.5. The first-order chi connectivity index (χ1) is 12.1. The number of carbonyl (C=O) groups is 1. The summed E-state index contributed by atoms with van der Waals surface area (Å²) in [6.07, 6.45) is 6.25. The van der Waals surface area contributed by atoms with Crippen molar-refractivity contribution >= 4 is 35.6 Å². The maximum Gasteiger partial charge on any atom is 0.514 e. The Bertz CT molecular complexity index is 631. The lowest BCUT2D eigenvalue weighted by Gasteiger charge is -2.04. The molecule has 0 bridgehead atoms. The molecule has 0 fully saturated rings. The number of carbonyl (C=O) groups excluding carboxylic acids is 1. The van der Waals surface area contributed by atoms with Gasteiger partial charge in [0, 0.05) is 18.3 Å². The molecule has 144 valence electrons. The molecule has 0 amide bonds. The summed E-state index contributed by atoms with van der Waals surface area (Å²) in [5, 5.41) is 10.4. The fourth-order valence-electron chi connectivity index (χ4n) is 1.71. The van der Waals surface area contributed by atoms with Crippen LogP contribution in [0.1, 0.15) is 44.4 Å². The van der Waals surface area contributed by atoms with Crippen LogP contribution in [0.2, 0.25) is 0 Å². The van der Waals surface area contributed by atoms with Gasteiger partial charge in [-0.25, -0.2) is 4.79 Å². The molecule has 1 heterocycles. The van der Waals surface area contributed by atoms with Crippen LogP contribution in [0.15, 0.2) is 36.0 Å². The van der Waals surface area contributed by atoms with Gasteiger partial charge in [0.2, 0.25) is 0 Å². The summed E-state index contributed by atoms with van der Waals surface area (Å²) in [6, 6.07) is 5.13. The highest BCUT2D eigenvalue weighted by molar-refractivity contribution is 7.09. The average Bonchev–Trinajstić information content (AvgIpc) is 3.13. The van der Waals surface area contributed by atoms with E-state index in [1.807, 2.05) is 0 Å². The molecule has 1 aromatic carbocycles. The lowest BCUT2D eigenvalue weighted by molar-refractivity contribution is -0.384.